The lowest BCUT2D eigenvalue weighted by Gasteiger charge is -2.34. The second kappa shape index (κ2) is 12.3. The number of methoxy groups -OCH3 is 1. The minimum atomic E-state index is -1.82. The van der Waals surface area contributed by atoms with Crippen molar-refractivity contribution < 1.29 is 34.1 Å². The highest BCUT2D eigenvalue weighted by Gasteiger charge is 2.22. The van der Waals surface area contributed by atoms with Crippen molar-refractivity contribution in [1.82, 2.24) is 9.80 Å². The van der Waals surface area contributed by atoms with Crippen molar-refractivity contribution in [2.75, 3.05) is 39.9 Å². The predicted molar refractivity (Wildman–Crippen MR) is 117 cm³/mol. The fraction of sp³-hybridized carbons (Fsp3) is 0.348. The molecule has 3 rings (SSSR count). The molecule has 2 aromatic rings. The smallest absolute Gasteiger partial charge is 0.414 e. The molecule has 0 aromatic heterocycles. The van der Waals surface area contributed by atoms with E-state index < -0.39 is 11.9 Å². The second-order valence-electron chi connectivity index (χ2n) is 6.98. The summed E-state index contributed by atoms with van der Waals surface area (Å²) in [4.78, 5) is 35.1. The van der Waals surface area contributed by atoms with Gasteiger partial charge < -0.3 is 24.6 Å². The predicted octanol–water partition coefficient (Wildman–Crippen LogP) is 2.21. The van der Waals surface area contributed by atoms with Crippen LogP contribution in [0.5, 0.6) is 11.5 Å². The van der Waals surface area contributed by atoms with Gasteiger partial charge in [0.2, 0.25) is 0 Å². The van der Waals surface area contributed by atoms with E-state index in [2.05, 4.69) is 17.0 Å². The van der Waals surface area contributed by atoms with Gasteiger partial charge in [-0.25, -0.2) is 9.59 Å². The Morgan fingerprint density at radius 1 is 0.844 bits per heavy atom. The first kappa shape index (κ1) is 24.7. The molecule has 1 heterocycles. The van der Waals surface area contributed by atoms with Crippen molar-refractivity contribution in [2.45, 2.75) is 13.5 Å². The Hall–Kier alpha value is -3.59. The molecule has 0 spiro atoms. The van der Waals surface area contributed by atoms with Crippen molar-refractivity contribution in [3.05, 3.63) is 59.7 Å². The Bertz CT molecular complexity index is 878. The van der Waals surface area contributed by atoms with Gasteiger partial charge in [-0.1, -0.05) is 12.1 Å². The zero-order chi connectivity index (χ0) is 23.5. The van der Waals surface area contributed by atoms with Crippen LogP contribution < -0.4 is 9.47 Å². The van der Waals surface area contributed by atoms with Crippen LogP contribution in [0.3, 0.4) is 0 Å². The summed E-state index contributed by atoms with van der Waals surface area (Å²) in [6.07, 6.45) is 0. The van der Waals surface area contributed by atoms with Crippen LogP contribution in [0.25, 0.3) is 0 Å². The van der Waals surface area contributed by atoms with Gasteiger partial charge in [-0.2, -0.15) is 0 Å². The maximum Gasteiger partial charge on any atom is 0.414 e. The summed E-state index contributed by atoms with van der Waals surface area (Å²) in [5.74, 6) is -1.88. The summed E-state index contributed by atoms with van der Waals surface area (Å²) in [7, 11) is 1.63. The number of piperazine rings is 1. The van der Waals surface area contributed by atoms with Gasteiger partial charge >= 0.3 is 11.9 Å². The maximum atomic E-state index is 12.6. The van der Waals surface area contributed by atoms with Gasteiger partial charge in [0.15, 0.2) is 0 Å². The second-order valence-corrected chi connectivity index (χ2v) is 6.98. The molecule has 0 bridgehead atoms. The number of carbonyl (C=O) groups excluding carboxylic acids is 1. The maximum absolute atomic E-state index is 12.6. The first-order valence-electron chi connectivity index (χ1n) is 10.2. The van der Waals surface area contributed by atoms with Gasteiger partial charge in [0.05, 0.1) is 13.7 Å². The minimum Gasteiger partial charge on any atom is -0.497 e. The van der Waals surface area contributed by atoms with Crippen LogP contribution >= 0.6 is 0 Å². The van der Waals surface area contributed by atoms with Crippen molar-refractivity contribution >= 4 is 17.8 Å². The molecule has 1 saturated heterocycles. The van der Waals surface area contributed by atoms with E-state index in [0.29, 0.717) is 12.2 Å². The van der Waals surface area contributed by atoms with E-state index in [-0.39, 0.29) is 5.91 Å². The van der Waals surface area contributed by atoms with Gasteiger partial charge in [-0.15, -0.1) is 0 Å². The van der Waals surface area contributed by atoms with Gasteiger partial charge in [-0.3, -0.25) is 9.69 Å². The van der Waals surface area contributed by atoms with Gasteiger partial charge in [-0.05, 0) is 48.9 Å². The van der Waals surface area contributed by atoms with E-state index in [1.165, 1.54) is 5.56 Å². The lowest BCUT2D eigenvalue weighted by atomic mass is 10.1. The average molecular weight is 444 g/mol. The number of carboxylic acids is 2. The number of ether oxygens (including phenoxy) is 2. The molecule has 1 aliphatic rings. The molecule has 1 amide bonds. The highest BCUT2D eigenvalue weighted by atomic mass is 16.5. The topological polar surface area (TPSA) is 117 Å². The largest absolute Gasteiger partial charge is 0.497 e. The molecule has 172 valence electrons. The van der Waals surface area contributed by atoms with Crippen LogP contribution in [0.4, 0.5) is 0 Å². The highest BCUT2D eigenvalue weighted by Crippen LogP contribution is 2.17. The summed E-state index contributed by atoms with van der Waals surface area (Å²) in [5, 5.41) is 14.8. The average Bonchev–Trinajstić information content (AvgIpc) is 2.81. The third kappa shape index (κ3) is 7.59. The van der Waals surface area contributed by atoms with Crippen LogP contribution in [0.15, 0.2) is 48.5 Å². The van der Waals surface area contributed by atoms with E-state index in [9.17, 15) is 4.79 Å². The Morgan fingerprint density at radius 2 is 1.38 bits per heavy atom. The number of nitrogens with zero attached hydrogens (tertiary/aromatic N) is 2. The van der Waals surface area contributed by atoms with Crippen LogP contribution in [-0.4, -0.2) is 77.8 Å². The number of carboxylic acid groups (broad SMARTS) is 2. The van der Waals surface area contributed by atoms with Crippen molar-refractivity contribution in [2.24, 2.45) is 0 Å². The molecule has 1 fully saturated rings. The molecule has 1 aliphatic heterocycles. The van der Waals surface area contributed by atoms with Crippen LogP contribution in [0.2, 0.25) is 0 Å². The van der Waals surface area contributed by atoms with Crippen molar-refractivity contribution in [3.63, 3.8) is 0 Å². The highest BCUT2D eigenvalue weighted by molar-refractivity contribution is 6.27. The SMILES string of the molecule is CCOc1ccc(CN2CCN(C(=O)c3ccc(OC)cc3)CC2)cc1.O=C(O)C(=O)O. The molecule has 0 saturated carbocycles. The molecule has 2 N–H and O–H groups in total. The third-order valence-corrected chi connectivity index (χ3v) is 4.82. The Kier molecular flexibility index (Phi) is 9.49. The number of aliphatic carboxylic acids is 2. The monoisotopic (exact) mass is 444 g/mol. The summed E-state index contributed by atoms with van der Waals surface area (Å²) in [6, 6.07) is 15.6. The van der Waals surface area contributed by atoms with Gasteiger partial charge in [0, 0.05) is 38.3 Å². The molecular weight excluding hydrogens is 416 g/mol. The Labute approximate surface area is 186 Å². The fourth-order valence-electron chi connectivity index (χ4n) is 3.14. The van der Waals surface area contributed by atoms with Gasteiger partial charge in [0.25, 0.3) is 5.91 Å². The summed E-state index contributed by atoms with van der Waals surface area (Å²) in [5.41, 5.74) is 1.98. The molecule has 2 aromatic carbocycles. The molecule has 0 unspecified atom stereocenters. The van der Waals surface area contributed by atoms with Crippen molar-refractivity contribution in [3.8, 4) is 11.5 Å². The molecule has 9 nitrogen and oxygen atoms in total. The standard InChI is InChI=1S/C21H26N2O3.C2H2O4/c1-3-26-20-8-4-17(5-9-20)16-22-12-14-23(15-13-22)21(24)18-6-10-19(25-2)11-7-18;3-1(4)2(5)6/h4-11H,3,12-16H2,1-2H3;(H,3,4)(H,5,6). The first-order valence-corrected chi connectivity index (χ1v) is 10.2. The van der Waals surface area contributed by atoms with Crippen LogP contribution in [0, 0.1) is 0 Å². The lowest BCUT2D eigenvalue weighted by Crippen LogP contribution is -2.48. The normalized spacial score (nSPS) is 13.5. The minimum absolute atomic E-state index is 0.0911. The molecular formula is C23H28N2O7. The van der Waals surface area contributed by atoms with E-state index in [1.54, 1.807) is 7.11 Å². The zero-order valence-corrected chi connectivity index (χ0v) is 18.2. The molecule has 32 heavy (non-hydrogen) atoms. The van der Waals surface area contributed by atoms with Crippen LogP contribution in [0.1, 0.15) is 22.8 Å². The molecule has 9 heteroatoms. The first-order chi connectivity index (χ1) is 15.3. The lowest BCUT2D eigenvalue weighted by molar-refractivity contribution is -0.159. The quantitative estimate of drug-likeness (QED) is 0.652. The van der Waals surface area contributed by atoms with E-state index >= 15 is 0 Å². The summed E-state index contributed by atoms with van der Waals surface area (Å²) < 4.78 is 10.6. The number of hydrogen-bond donors (Lipinski definition) is 2. The van der Waals surface area contributed by atoms with Crippen molar-refractivity contribution in [1.29, 1.82) is 0 Å². The molecule has 0 aliphatic carbocycles. The van der Waals surface area contributed by atoms with Gasteiger partial charge in [0.1, 0.15) is 11.5 Å². The number of carbonyl (C=O) groups is 3. The molecule has 0 atom stereocenters. The number of hydrogen-bond acceptors (Lipinski definition) is 6. The Morgan fingerprint density at radius 3 is 1.84 bits per heavy atom. The Balaban J connectivity index is 0.000000534. The van der Waals surface area contributed by atoms with E-state index in [0.717, 1.165) is 44.2 Å². The number of amides is 1. The van der Waals surface area contributed by atoms with E-state index in [1.807, 2.05) is 48.2 Å². The van der Waals surface area contributed by atoms with E-state index in [4.69, 9.17) is 29.3 Å². The number of benzene rings is 2. The third-order valence-electron chi connectivity index (χ3n) is 4.82. The number of rotatable bonds is 6. The summed E-state index contributed by atoms with van der Waals surface area (Å²) >= 11 is 0. The van der Waals surface area contributed by atoms with Crippen LogP contribution in [-0.2, 0) is 16.1 Å². The summed E-state index contributed by atoms with van der Waals surface area (Å²) in [6.45, 7) is 6.84. The zero-order valence-electron chi connectivity index (χ0n) is 18.2. The molecule has 0 radical (unpaired) electrons. The fourth-order valence-corrected chi connectivity index (χ4v) is 3.14.